The van der Waals surface area contributed by atoms with Crippen LogP contribution in [0.4, 0.5) is 0 Å². The van der Waals surface area contributed by atoms with E-state index >= 15 is 0 Å². The highest BCUT2D eigenvalue weighted by Crippen LogP contribution is 2.12. The minimum Gasteiger partial charge on any atom is -0.388 e. The van der Waals surface area contributed by atoms with E-state index in [-0.39, 0.29) is 0 Å². The van der Waals surface area contributed by atoms with Crippen molar-refractivity contribution in [3.05, 3.63) is 34.3 Å². The van der Waals surface area contributed by atoms with Gasteiger partial charge in [0.05, 0.1) is 0 Å². The normalized spacial score (nSPS) is 7.87. The predicted molar refractivity (Wildman–Crippen MR) is 65.9 cm³/mol. The minimum atomic E-state index is 0.604. The molecule has 1 aromatic carbocycles. The van der Waals surface area contributed by atoms with Crippen molar-refractivity contribution < 1.29 is 9.53 Å². The maximum Gasteiger partial charge on any atom is 0.150 e. The van der Waals surface area contributed by atoms with Crippen LogP contribution in [0.1, 0.15) is 29.8 Å². The molecule has 0 radical (unpaired) electrons. The molecule has 0 saturated heterocycles. The first-order valence-electron chi connectivity index (χ1n) is 4.77. The smallest absolute Gasteiger partial charge is 0.150 e. The van der Waals surface area contributed by atoms with Gasteiger partial charge in [-0.25, -0.2) is 0 Å². The van der Waals surface area contributed by atoms with Gasteiger partial charge in [0.15, 0.2) is 0 Å². The summed E-state index contributed by atoms with van der Waals surface area (Å²) in [5.74, 6) is 0. The molecule has 86 valence electrons. The van der Waals surface area contributed by atoms with Crippen molar-refractivity contribution in [1.82, 2.24) is 0 Å². The van der Waals surface area contributed by atoms with Crippen LogP contribution >= 0.6 is 11.6 Å². The topological polar surface area (TPSA) is 26.3 Å². The summed E-state index contributed by atoms with van der Waals surface area (Å²) in [5.41, 5.74) is 1.62. The van der Waals surface area contributed by atoms with Crippen molar-refractivity contribution >= 4 is 17.9 Å². The fraction of sp³-hybridized carbons (Fsp3) is 0.417. The average Bonchev–Trinajstić information content (AvgIpc) is 2.26. The molecule has 15 heavy (non-hydrogen) atoms. The van der Waals surface area contributed by atoms with E-state index in [1.807, 2.05) is 26.8 Å². The van der Waals surface area contributed by atoms with Crippen LogP contribution in [-0.4, -0.2) is 20.5 Å². The van der Waals surface area contributed by atoms with E-state index in [0.717, 1.165) is 11.8 Å². The highest BCUT2D eigenvalue weighted by molar-refractivity contribution is 6.30. The van der Waals surface area contributed by atoms with Crippen molar-refractivity contribution in [2.75, 3.05) is 14.2 Å². The highest BCUT2D eigenvalue weighted by atomic mass is 35.5. The van der Waals surface area contributed by atoms with Gasteiger partial charge in [-0.05, 0) is 24.6 Å². The Balaban J connectivity index is 0. The first-order valence-corrected chi connectivity index (χ1v) is 5.15. The number of hydrogen-bond acceptors (Lipinski definition) is 2. The van der Waals surface area contributed by atoms with Gasteiger partial charge in [-0.1, -0.05) is 31.5 Å². The van der Waals surface area contributed by atoms with E-state index in [4.69, 9.17) is 11.6 Å². The molecule has 0 spiro atoms. The summed E-state index contributed by atoms with van der Waals surface area (Å²) < 4.78 is 4.25. The Morgan fingerprint density at radius 3 is 2.07 bits per heavy atom. The average molecular weight is 231 g/mol. The van der Waals surface area contributed by atoms with Gasteiger partial charge in [0, 0.05) is 24.8 Å². The van der Waals surface area contributed by atoms with Crippen LogP contribution in [0, 0.1) is 6.92 Å². The Morgan fingerprint density at radius 1 is 1.27 bits per heavy atom. The van der Waals surface area contributed by atoms with Crippen LogP contribution in [0.15, 0.2) is 18.2 Å². The van der Waals surface area contributed by atoms with E-state index in [0.29, 0.717) is 10.6 Å². The molecule has 0 aliphatic carbocycles. The fourth-order valence-corrected chi connectivity index (χ4v) is 0.919. The number of carbonyl (C=O) groups is 1. The number of carbonyl (C=O) groups excluding carboxylic acids is 1. The maximum absolute atomic E-state index is 10.3. The molecule has 1 rings (SSSR count). The molecular formula is C12H19ClO2. The van der Waals surface area contributed by atoms with Gasteiger partial charge in [0.1, 0.15) is 6.29 Å². The summed E-state index contributed by atoms with van der Waals surface area (Å²) >= 11 is 5.64. The molecule has 2 nitrogen and oxygen atoms in total. The third-order valence-electron chi connectivity index (χ3n) is 1.37. The molecule has 0 fully saturated rings. The summed E-state index contributed by atoms with van der Waals surface area (Å²) in [7, 11) is 3.25. The second-order valence-electron chi connectivity index (χ2n) is 2.53. The van der Waals surface area contributed by atoms with Crippen molar-refractivity contribution in [2.24, 2.45) is 0 Å². The minimum absolute atomic E-state index is 0.604. The van der Waals surface area contributed by atoms with Crippen LogP contribution in [0.2, 0.25) is 5.02 Å². The monoisotopic (exact) mass is 230 g/mol. The maximum atomic E-state index is 10.3. The first kappa shape index (κ1) is 16.6. The zero-order valence-electron chi connectivity index (χ0n) is 10.0. The summed E-state index contributed by atoms with van der Waals surface area (Å²) in [6, 6.07) is 5.25. The number of aryl methyl sites for hydroxylation is 1. The molecule has 3 heteroatoms. The van der Waals surface area contributed by atoms with Gasteiger partial charge in [0.25, 0.3) is 0 Å². The summed E-state index contributed by atoms with van der Waals surface area (Å²) in [5, 5.41) is 0.604. The molecule has 0 heterocycles. The van der Waals surface area contributed by atoms with Gasteiger partial charge >= 0.3 is 0 Å². The molecule has 1 aromatic rings. The van der Waals surface area contributed by atoms with E-state index < -0.39 is 0 Å². The number of aldehydes is 1. The number of benzene rings is 1. The van der Waals surface area contributed by atoms with Crippen LogP contribution in [-0.2, 0) is 4.74 Å². The third kappa shape index (κ3) is 8.16. The van der Waals surface area contributed by atoms with Crippen molar-refractivity contribution in [1.29, 1.82) is 0 Å². The number of methoxy groups -OCH3 is 1. The molecular weight excluding hydrogens is 212 g/mol. The molecule has 0 atom stereocenters. The van der Waals surface area contributed by atoms with Gasteiger partial charge in [-0.2, -0.15) is 0 Å². The molecule has 0 unspecified atom stereocenters. The lowest BCUT2D eigenvalue weighted by Crippen LogP contribution is -1.83. The Kier molecular flexibility index (Phi) is 12.4. The lowest BCUT2D eigenvalue weighted by Gasteiger charge is -1.96. The lowest BCUT2D eigenvalue weighted by atomic mass is 10.1. The molecule has 0 aliphatic rings. The number of hydrogen-bond donors (Lipinski definition) is 0. The largest absolute Gasteiger partial charge is 0.388 e. The van der Waals surface area contributed by atoms with Gasteiger partial charge in [0.2, 0.25) is 0 Å². The molecule has 0 N–H and O–H groups in total. The Bertz CT molecular complexity index is 272. The van der Waals surface area contributed by atoms with Gasteiger partial charge in [-0.15, -0.1) is 0 Å². The zero-order valence-corrected chi connectivity index (χ0v) is 10.8. The lowest BCUT2D eigenvalue weighted by molar-refractivity contribution is 0.112. The number of halogens is 1. The van der Waals surface area contributed by atoms with Crippen LogP contribution < -0.4 is 0 Å². The zero-order chi connectivity index (χ0) is 12.3. The molecule has 0 aromatic heterocycles. The second kappa shape index (κ2) is 11.2. The van der Waals surface area contributed by atoms with Gasteiger partial charge in [-0.3, -0.25) is 4.79 Å². The summed E-state index contributed by atoms with van der Waals surface area (Å²) in [6.07, 6.45) is 0.807. The second-order valence-corrected chi connectivity index (χ2v) is 2.96. The van der Waals surface area contributed by atoms with Crippen LogP contribution in [0.3, 0.4) is 0 Å². The van der Waals surface area contributed by atoms with Gasteiger partial charge < -0.3 is 4.74 Å². The molecule has 0 amide bonds. The molecule has 0 aliphatic heterocycles. The van der Waals surface area contributed by atoms with Crippen molar-refractivity contribution in [3.63, 3.8) is 0 Å². The standard InChI is InChI=1S/C8H7ClO.C2H6O.C2H6/c1-6-2-3-8(9)4-7(6)5-10;1-3-2;1-2/h2-5H,1H3;1-2H3;1-2H3. The summed E-state index contributed by atoms with van der Waals surface area (Å²) in [6.45, 7) is 5.88. The Morgan fingerprint density at radius 2 is 1.73 bits per heavy atom. The fourth-order valence-electron chi connectivity index (χ4n) is 0.738. The van der Waals surface area contributed by atoms with Crippen LogP contribution in [0.25, 0.3) is 0 Å². The Hall–Kier alpha value is -0.860. The summed E-state index contributed by atoms with van der Waals surface area (Å²) in [4.78, 5) is 10.3. The third-order valence-corrected chi connectivity index (χ3v) is 1.60. The van der Waals surface area contributed by atoms with E-state index in [2.05, 4.69) is 4.74 Å². The predicted octanol–water partition coefficient (Wildman–Crippen LogP) is 3.75. The van der Waals surface area contributed by atoms with E-state index in [1.54, 1.807) is 26.4 Å². The highest BCUT2D eigenvalue weighted by Gasteiger charge is 1.95. The van der Waals surface area contributed by atoms with Crippen LogP contribution in [0.5, 0.6) is 0 Å². The first-order chi connectivity index (χ1) is 7.15. The molecule has 0 saturated carbocycles. The number of rotatable bonds is 1. The van der Waals surface area contributed by atoms with Crippen molar-refractivity contribution in [3.8, 4) is 0 Å². The number of ether oxygens (including phenoxy) is 1. The van der Waals surface area contributed by atoms with E-state index in [1.165, 1.54) is 0 Å². The molecule has 0 bridgehead atoms. The van der Waals surface area contributed by atoms with E-state index in [9.17, 15) is 4.79 Å². The quantitative estimate of drug-likeness (QED) is 0.687. The Labute approximate surface area is 97.2 Å². The van der Waals surface area contributed by atoms with Crippen molar-refractivity contribution in [2.45, 2.75) is 20.8 Å². The SMILES string of the molecule is CC.COC.Cc1ccc(Cl)cc1C=O.